The molecule has 17 heavy (non-hydrogen) atoms. The summed E-state index contributed by atoms with van der Waals surface area (Å²) in [5, 5.41) is 0. The van der Waals surface area contributed by atoms with E-state index in [2.05, 4.69) is 4.98 Å². The summed E-state index contributed by atoms with van der Waals surface area (Å²) in [4.78, 5) is 15.9. The zero-order valence-corrected chi connectivity index (χ0v) is 10.0. The Morgan fingerprint density at radius 1 is 1.35 bits per heavy atom. The predicted octanol–water partition coefficient (Wildman–Crippen LogP) is 3.11. The van der Waals surface area contributed by atoms with Crippen LogP contribution in [0.25, 0.3) is 5.65 Å². The molecule has 1 fully saturated rings. The fourth-order valence-corrected chi connectivity index (χ4v) is 2.80. The first kappa shape index (κ1) is 10.5. The maximum absolute atomic E-state index is 11.3. The smallest absolute Gasteiger partial charge is 0.168 e. The van der Waals surface area contributed by atoms with Gasteiger partial charge in [0.15, 0.2) is 6.29 Å². The van der Waals surface area contributed by atoms with Gasteiger partial charge in [0.1, 0.15) is 11.3 Å². The highest BCUT2D eigenvalue weighted by Gasteiger charge is 2.24. The van der Waals surface area contributed by atoms with Crippen LogP contribution in [0.3, 0.4) is 0 Å². The van der Waals surface area contributed by atoms with Crippen LogP contribution in [0.2, 0.25) is 0 Å². The van der Waals surface area contributed by atoms with Gasteiger partial charge in [-0.1, -0.05) is 18.9 Å². The third-order valence-corrected chi connectivity index (χ3v) is 3.69. The van der Waals surface area contributed by atoms with E-state index < -0.39 is 0 Å². The summed E-state index contributed by atoms with van der Waals surface area (Å²) in [7, 11) is 0. The number of carbonyl (C=O) groups is 1. The minimum atomic E-state index is 0.482. The van der Waals surface area contributed by atoms with E-state index in [9.17, 15) is 4.79 Å². The molecular weight excluding hydrogens is 212 g/mol. The molecule has 0 saturated heterocycles. The molecule has 3 nitrogen and oxygen atoms in total. The average molecular weight is 228 g/mol. The van der Waals surface area contributed by atoms with Crippen LogP contribution in [0.4, 0.5) is 0 Å². The van der Waals surface area contributed by atoms with Crippen molar-refractivity contribution in [2.24, 2.45) is 0 Å². The largest absolute Gasteiger partial charge is 0.297 e. The normalized spacial score (nSPS) is 16.8. The maximum Gasteiger partial charge on any atom is 0.168 e. The van der Waals surface area contributed by atoms with Crippen molar-refractivity contribution in [1.29, 1.82) is 0 Å². The van der Waals surface area contributed by atoms with Crippen LogP contribution in [0, 0.1) is 6.92 Å². The molecule has 88 valence electrons. The van der Waals surface area contributed by atoms with Crippen molar-refractivity contribution >= 4 is 11.9 Å². The summed E-state index contributed by atoms with van der Waals surface area (Å²) in [6.07, 6.45) is 7.80. The van der Waals surface area contributed by atoms with Gasteiger partial charge >= 0.3 is 0 Å². The van der Waals surface area contributed by atoms with Gasteiger partial charge < -0.3 is 0 Å². The molecule has 2 aromatic heterocycles. The van der Waals surface area contributed by atoms with E-state index in [1.807, 2.05) is 29.7 Å². The lowest BCUT2D eigenvalue weighted by Gasteiger charge is -2.05. The van der Waals surface area contributed by atoms with Crippen molar-refractivity contribution in [2.75, 3.05) is 0 Å². The Bertz CT molecular complexity index is 565. The Labute approximate surface area is 100 Å². The monoisotopic (exact) mass is 228 g/mol. The zero-order chi connectivity index (χ0) is 11.8. The lowest BCUT2D eigenvalue weighted by molar-refractivity contribution is 0.111. The number of rotatable bonds is 2. The molecule has 0 bridgehead atoms. The van der Waals surface area contributed by atoms with E-state index in [4.69, 9.17) is 0 Å². The molecule has 3 rings (SSSR count). The minimum absolute atomic E-state index is 0.482. The van der Waals surface area contributed by atoms with E-state index in [0.717, 1.165) is 28.9 Å². The van der Waals surface area contributed by atoms with Gasteiger partial charge in [-0.3, -0.25) is 9.20 Å². The summed E-state index contributed by atoms with van der Waals surface area (Å²) >= 11 is 0. The quantitative estimate of drug-likeness (QED) is 0.740. The lowest BCUT2D eigenvalue weighted by Crippen LogP contribution is -1.99. The zero-order valence-electron chi connectivity index (χ0n) is 10.0. The molecule has 0 N–H and O–H groups in total. The minimum Gasteiger partial charge on any atom is -0.297 e. The molecule has 0 spiro atoms. The molecule has 3 heteroatoms. The molecule has 1 aliphatic rings. The number of carbonyl (C=O) groups excluding carboxylic acids is 1. The number of pyridine rings is 1. The number of hydrogen-bond acceptors (Lipinski definition) is 2. The van der Waals surface area contributed by atoms with Crippen LogP contribution < -0.4 is 0 Å². The Hall–Kier alpha value is -1.64. The van der Waals surface area contributed by atoms with E-state index in [1.54, 1.807) is 0 Å². The van der Waals surface area contributed by atoms with Gasteiger partial charge in [0.25, 0.3) is 0 Å². The standard InChI is InChI=1S/C14H16N2O/c1-10-6-7-13-15-14(11-4-2-3-5-11)12(9-17)16(13)8-10/h6-9,11H,2-5H2,1H3. The molecule has 0 unspecified atom stereocenters. The second-order valence-electron chi connectivity index (χ2n) is 4.92. The van der Waals surface area contributed by atoms with Crippen molar-refractivity contribution < 1.29 is 4.79 Å². The second kappa shape index (κ2) is 3.99. The average Bonchev–Trinajstić information content (AvgIpc) is 2.94. The van der Waals surface area contributed by atoms with Crippen molar-refractivity contribution in [3.8, 4) is 0 Å². The van der Waals surface area contributed by atoms with Gasteiger partial charge in [-0.25, -0.2) is 4.98 Å². The summed E-state index contributed by atoms with van der Waals surface area (Å²) < 4.78 is 1.93. The number of aryl methyl sites for hydroxylation is 1. The summed E-state index contributed by atoms with van der Waals surface area (Å²) in [5.74, 6) is 0.482. The SMILES string of the molecule is Cc1ccc2nc(C3CCCC3)c(C=O)n2c1. The first-order valence-corrected chi connectivity index (χ1v) is 6.23. The highest BCUT2D eigenvalue weighted by molar-refractivity contribution is 5.77. The Morgan fingerprint density at radius 3 is 2.82 bits per heavy atom. The molecule has 1 saturated carbocycles. The van der Waals surface area contributed by atoms with Crippen LogP contribution in [-0.4, -0.2) is 15.7 Å². The van der Waals surface area contributed by atoms with Gasteiger partial charge in [-0.15, -0.1) is 0 Å². The van der Waals surface area contributed by atoms with E-state index in [1.165, 1.54) is 25.7 Å². The number of nitrogens with zero attached hydrogens (tertiary/aromatic N) is 2. The van der Waals surface area contributed by atoms with Crippen LogP contribution >= 0.6 is 0 Å². The highest BCUT2D eigenvalue weighted by Crippen LogP contribution is 2.35. The van der Waals surface area contributed by atoms with E-state index in [-0.39, 0.29) is 0 Å². The third kappa shape index (κ3) is 1.66. The van der Waals surface area contributed by atoms with Gasteiger partial charge in [0.2, 0.25) is 0 Å². The molecule has 0 atom stereocenters. The van der Waals surface area contributed by atoms with Crippen molar-refractivity contribution in [3.05, 3.63) is 35.3 Å². The highest BCUT2D eigenvalue weighted by atomic mass is 16.1. The van der Waals surface area contributed by atoms with Gasteiger partial charge in [-0.05, 0) is 31.4 Å². The molecular formula is C14H16N2O. The first-order valence-electron chi connectivity index (χ1n) is 6.23. The molecule has 0 amide bonds. The van der Waals surface area contributed by atoms with Crippen molar-refractivity contribution in [2.45, 2.75) is 38.5 Å². The fraction of sp³-hybridized carbons (Fsp3) is 0.429. The Balaban J connectivity index is 2.20. The second-order valence-corrected chi connectivity index (χ2v) is 4.92. The van der Waals surface area contributed by atoms with E-state index in [0.29, 0.717) is 5.92 Å². The topological polar surface area (TPSA) is 34.4 Å². The molecule has 0 aromatic carbocycles. The van der Waals surface area contributed by atoms with Crippen LogP contribution in [0.15, 0.2) is 18.3 Å². The predicted molar refractivity (Wildman–Crippen MR) is 66.5 cm³/mol. The number of imidazole rings is 1. The van der Waals surface area contributed by atoms with Gasteiger partial charge in [0.05, 0.1) is 5.69 Å². The van der Waals surface area contributed by atoms with Crippen LogP contribution in [0.1, 0.15) is 53.3 Å². The van der Waals surface area contributed by atoms with Crippen LogP contribution in [-0.2, 0) is 0 Å². The third-order valence-electron chi connectivity index (χ3n) is 3.69. The summed E-state index contributed by atoms with van der Waals surface area (Å²) in [5.41, 5.74) is 3.79. The van der Waals surface area contributed by atoms with Crippen molar-refractivity contribution in [1.82, 2.24) is 9.38 Å². The Kier molecular flexibility index (Phi) is 2.46. The maximum atomic E-state index is 11.3. The summed E-state index contributed by atoms with van der Waals surface area (Å²) in [6.45, 7) is 2.03. The molecule has 1 aliphatic carbocycles. The van der Waals surface area contributed by atoms with Gasteiger partial charge in [0, 0.05) is 12.1 Å². The van der Waals surface area contributed by atoms with E-state index >= 15 is 0 Å². The number of aldehydes is 1. The number of aromatic nitrogens is 2. The first-order chi connectivity index (χ1) is 8.29. The molecule has 0 aliphatic heterocycles. The lowest BCUT2D eigenvalue weighted by atomic mass is 10.0. The molecule has 0 radical (unpaired) electrons. The Morgan fingerprint density at radius 2 is 2.12 bits per heavy atom. The van der Waals surface area contributed by atoms with Crippen LogP contribution in [0.5, 0.6) is 0 Å². The molecule has 2 heterocycles. The van der Waals surface area contributed by atoms with Crippen molar-refractivity contribution in [3.63, 3.8) is 0 Å². The molecule has 2 aromatic rings. The number of hydrogen-bond donors (Lipinski definition) is 0. The number of fused-ring (bicyclic) bond motifs is 1. The van der Waals surface area contributed by atoms with Gasteiger partial charge in [-0.2, -0.15) is 0 Å². The fourth-order valence-electron chi connectivity index (χ4n) is 2.80. The summed E-state index contributed by atoms with van der Waals surface area (Å²) in [6, 6.07) is 4.02.